The minimum absolute atomic E-state index is 0.00467. The predicted octanol–water partition coefficient (Wildman–Crippen LogP) is 2.88. The van der Waals surface area contributed by atoms with E-state index >= 15 is 0 Å². The smallest absolute Gasteiger partial charge is 0.266 e. The van der Waals surface area contributed by atoms with E-state index in [1.165, 1.54) is 0 Å². The highest BCUT2D eigenvalue weighted by atomic mass is 35.5. The second kappa shape index (κ2) is 6.92. The number of morpholine rings is 1. The van der Waals surface area contributed by atoms with Gasteiger partial charge in [0.25, 0.3) is 5.91 Å². The monoisotopic (exact) mass is 406 g/mol. The van der Waals surface area contributed by atoms with Crippen LogP contribution in [0.15, 0.2) is 24.3 Å². The molecule has 7 heteroatoms. The Bertz CT molecular complexity index is 765. The lowest BCUT2D eigenvalue weighted by atomic mass is 9.83. The summed E-state index contributed by atoms with van der Waals surface area (Å²) in [6.45, 7) is 4.37. The first kappa shape index (κ1) is 19.5. The van der Waals surface area contributed by atoms with E-state index in [4.69, 9.17) is 21.1 Å². The van der Waals surface area contributed by atoms with Crippen molar-refractivity contribution in [3.05, 3.63) is 29.3 Å². The van der Waals surface area contributed by atoms with Crippen molar-refractivity contribution in [1.29, 1.82) is 0 Å². The fourth-order valence-electron chi connectivity index (χ4n) is 4.93. The van der Waals surface area contributed by atoms with Gasteiger partial charge in [0.1, 0.15) is 12.4 Å². The number of piperidine rings is 1. The van der Waals surface area contributed by atoms with Crippen LogP contribution in [0.4, 0.5) is 0 Å². The van der Waals surface area contributed by atoms with Crippen LogP contribution in [-0.4, -0.2) is 65.1 Å². The molecule has 0 aliphatic carbocycles. The summed E-state index contributed by atoms with van der Waals surface area (Å²) in [6, 6.07) is 7.32. The van der Waals surface area contributed by atoms with Crippen LogP contribution in [0.25, 0.3) is 0 Å². The van der Waals surface area contributed by atoms with Gasteiger partial charge in [-0.1, -0.05) is 11.6 Å². The SMILES string of the molecule is CN1CC2(CC3CCC(C2)N3C(=O)C(C)(C)Oc2ccc(Cl)cc2)OCC1=O. The number of amides is 2. The van der Waals surface area contributed by atoms with Crippen molar-refractivity contribution in [2.75, 3.05) is 20.2 Å². The summed E-state index contributed by atoms with van der Waals surface area (Å²) in [6.07, 6.45) is 3.47. The number of hydrogen-bond acceptors (Lipinski definition) is 4. The molecule has 3 fully saturated rings. The first-order chi connectivity index (χ1) is 13.2. The Hall–Kier alpha value is -1.79. The molecular weight excluding hydrogens is 380 g/mol. The summed E-state index contributed by atoms with van der Waals surface area (Å²) in [5.41, 5.74) is -1.30. The van der Waals surface area contributed by atoms with Crippen LogP contribution in [0, 0.1) is 0 Å². The van der Waals surface area contributed by atoms with Crippen molar-refractivity contribution in [2.24, 2.45) is 0 Å². The number of halogens is 1. The highest BCUT2D eigenvalue weighted by Crippen LogP contribution is 2.45. The molecule has 0 N–H and O–H groups in total. The molecule has 2 amide bonds. The molecule has 3 heterocycles. The molecule has 3 aliphatic heterocycles. The third kappa shape index (κ3) is 3.48. The fraction of sp³-hybridized carbons (Fsp3) is 0.619. The Kier molecular flexibility index (Phi) is 4.82. The molecule has 0 saturated carbocycles. The molecule has 0 aromatic heterocycles. The normalized spacial score (nSPS) is 30.1. The lowest BCUT2D eigenvalue weighted by molar-refractivity contribution is -0.180. The number of likely N-dealkylation sites (N-methyl/N-ethyl adjacent to an activating group) is 1. The summed E-state index contributed by atoms with van der Waals surface area (Å²) in [7, 11) is 1.83. The molecule has 3 saturated heterocycles. The molecule has 1 spiro atoms. The maximum atomic E-state index is 13.4. The highest BCUT2D eigenvalue weighted by Gasteiger charge is 2.54. The molecule has 4 rings (SSSR count). The summed E-state index contributed by atoms with van der Waals surface area (Å²) < 4.78 is 12.0. The number of fused-ring (bicyclic) bond motifs is 2. The Morgan fingerprint density at radius 1 is 1.21 bits per heavy atom. The number of ether oxygens (including phenoxy) is 2. The molecule has 0 radical (unpaired) electrons. The van der Waals surface area contributed by atoms with Gasteiger partial charge in [0, 0.05) is 30.7 Å². The third-order valence-corrected chi connectivity index (χ3v) is 6.48. The van der Waals surface area contributed by atoms with Crippen LogP contribution in [0.3, 0.4) is 0 Å². The first-order valence-corrected chi connectivity index (χ1v) is 10.2. The van der Waals surface area contributed by atoms with Gasteiger partial charge < -0.3 is 19.3 Å². The molecule has 3 aliphatic rings. The Balaban J connectivity index is 1.48. The molecule has 28 heavy (non-hydrogen) atoms. The van der Waals surface area contributed by atoms with Crippen LogP contribution >= 0.6 is 11.6 Å². The van der Waals surface area contributed by atoms with Crippen molar-refractivity contribution in [1.82, 2.24) is 9.80 Å². The standard InChI is InChI=1S/C21H27ClN2O4/c1-20(2,28-17-8-4-14(22)5-9-17)19(26)24-15-6-7-16(24)11-21(10-15)13-23(3)18(25)12-27-21/h4-5,8-9,15-16H,6-7,10-13H2,1-3H3. The number of rotatable bonds is 3. The molecular formula is C21H27ClN2O4. The van der Waals surface area contributed by atoms with Crippen molar-refractivity contribution in [3.8, 4) is 5.75 Å². The third-order valence-electron chi connectivity index (χ3n) is 6.22. The van der Waals surface area contributed by atoms with Crippen LogP contribution in [-0.2, 0) is 14.3 Å². The zero-order valence-corrected chi connectivity index (χ0v) is 17.4. The zero-order chi connectivity index (χ0) is 20.1. The summed E-state index contributed by atoms with van der Waals surface area (Å²) in [4.78, 5) is 29.0. The summed E-state index contributed by atoms with van der Waals surface area (Å²) in [5.74, 6) is 0.651. The molecule has 6 nitrogen and oxygen atoms in total. The zero-order valence-electron chi connectivity index (χ0n) is 16.6. The molecule has 1 aromatic carbocycles. The van der Waals surface area contributed by atoms with Crippen molar-refractivity contribution < 1.29 is 19.1 Å². The van der Waals surface area contributed by atoms with Gasteiger partial charge >= 0.3 is 0 Å². The number of benzene rings is 1. The number of carbonyl (C=O) groups is 2. The number of carbonyl (C=O) groups excluding carboxylic acids is 2. The van der Waals surface area contributed by atoms with E-state index in [2.05, 4.69) is 0 Å². The van der Waals surface area contributed by atoms with Gasteiger partial charge in [-0.05, 0) is 63.8 Å². The largest absolute Gasteiger partial charge is 0.478 e. The Morgan fingerprint density at radius 3 is 2.39 bits per heavy atom. The average Bonchev–Trinajstić information content (AvgIpc) is 2.91. The topological polar surface area (TPSA) is 59.1 Å². The summed E-state index contributed by atoms with van der Waals surface area (Å²) in [5, 5.41) is 0.631. The molecule has 1 aromatic rings. The van der Waals surface area contributed by atoms with E-state index < -0.39 is 5.60 Å². The van der Waals surface area contributed by atoms with E-state index in [-0.39, 0.29) is 36.1 Å². The second-order valence-electron chi connectivity index (χ2n) is 8.79. The van der Waals surface area contributed by atoms with Gasteiger partial charge in [-0.3, -0.25) is 9.59 Å². The highest BCUT2D eigenvalue weighted by molar-refractivity contribution is 6.30. The Labute approximate surface area is 170 Å². The van der Waals surface area contributed by atoms with Gasteiger partial charge in [-0.15, -0.1) is 0 Å². The van der Waals surface area contributed by atoms with Crippen molar-refractivity contribution >= 4 is 23.4 Å². The molecule has 2 bridgehead atoms. The van der Waals surface area contributed by atoms with Gasteiger partial charge in [0.2, 0.25) is 5.91 Å². The van der Waals surface area contributed by atoms with Crippen LogP contribution in [0.5, 0.6) is 5.75 Å². The van der Waals surface area contributed by atoms with Gasteiger partial charge in [0.15, 0.2) is 5.60 Å². The van der Waals surface area contributed by atoms with E-state index in [9.17, 15) is 9.59 Å². The van der Waals surface area contributed by atoms with Crippen LogP contribution < -0.4 is 4.74 Å². The van der Waals surface area contributed by atoms with E-state index in [1.54, 1.807) is 29.2 Å². The molecule has 2 unspecified atom stereocenters. The second-order valence-corrected chi connectivity index (χ2v) is 9.23. The molecule has 2 atom stereocenters. The van der Waals surface area contributed by atoms with Gasteiger partial charge in [-0.2, -0.15) is 0 Å². The van der Waals surface area contributed by atoms with Crippen LogP contribution in [0.1, 0.15) is 39.5 Å². The van der Waals surface area contributed by atoms with Crippen molar-refractivity contribution in [2.45, 2.75) is 62.8 Å². The predicted molar refractivity (Wildman–Crippen MR) is 105 cm³/mol. The van der Waals surface area contributed by atoms with E-state index in [1.807, 2.05) is 25.8 Å². The fourth-order valence-corrected chi connectivity index (χ4v) is 5.05. The maximum Gasteiger partial charge on any atom is 0.266 e. The van der Waals surface area contributed by atoms with E-state index in [0.29, 0.717) is 17.3 Å². The van der Waals surface area contributed by atoms with Gasteiger partial charge in [0.05, 0.1) is 5.60 Å². The lowest BCUT2D eigenvalue weighted by Gasteiger charge is -2.50. The lowest BCUT2D eigenvalue weighted by Crippen LogP contribution is -2.63. The Morgan fingerprint density at radius 2 is 1.82 bits per heavy atom. The van der Waals surface area contributed by atoms with Crippen LogP contribution in [0.2, 0.25) is 5.02 Å². The van der Waals surface area contributed by atoms with Crippen molar-refractivity contribution in [3.63, 3.8) is 0 Å². The van der Waals surface area contributed by atoms with Gasteiger partial charge in [-0.25, -0.2) is 0 Å². The summed E-state index contributed by atoms with van der Waals surface area (Å²) >= 11 is 5.94. The average molecular weight is 407 g/mol. The van der Waals surface area contributed by atoms with E-state index in [0.717, 1.165) is 25.7 Å². The minimum atomic E-state index is -0.973. The number of nitrogens with zero attached hydrogens (tertiary/aromatic N) is 2. The maximum absolute atomic E-state index is 13.4. The number of hydrogen-bond donors (Lipinski definition) is 0. The minimum Gasteiger partial charge on any atom is -0.478 e. The first-order valence-electron chi connectivity index (χ1n) is 9.84. The quantitative estimate of drug-likeness (QED) is 0.774. The molecule has 152 valence electrons.